The minimum Gasteiger partial charge on any atom is -0.377 e. The van der Waals surface area contributed by atoms with E-state index in [1.165, 1.54) is 0 Å². The summed E-state index contributed by atoms with van der Waals surface area (Å²) in [6.07, 6.45) is 0. The number of hydrogen-bond donors (Lipinski definition) is 0. The number of morpholine rings is 1. The summed E-state index contributed by atoms with van der Waals surface area (Å²) in [6.45, 7) is 8.24. The lowest BCUT2D eigenvalue weighted by atomic mass is 10.2. The summed E-state index contributed by atoms with van der Waals surface area (Å²) in [5.74, 6) is 1.67. The predicted octanol–water partition coefficient (Wildman–Crippen LogP) is 1.66. The monoisotopic (exact) mass is 362 g/mol. The van der Waals surface area contributed by atoms with Crippen LogP contribution in [0.1, 0.15) is 6.92 Å². The quantitative estimate of drug-likeness (QED) is 0.753. The average Bonchev–Trinajstić information content (AvgIpc) is 2.61. The van der Waals surface area contributed by atoms with Gasteiger partial charge in [0.2, 0.25) is 5.95 Å². The second-order valence-electron chi connectivity index (χ2n) is 6.76. The lowest BCUT2D eigenvalue weighted by Gasteiger charge is -2.36. The summed E-state index contributed by atoms with van der Waals surface area (Å²) in [6, 6.07) is 4.04. The Morgan fingerprint density at radius 2 is 1.88 bits per heavy atom. The lowest BCUT2D eigenvalue weighted by molar-refractivity contribution is 0.0987. The normalized spacial score (nSPS) is 22.6. The topological polar surface area (TPSA) is 57.6 Å². The van der Waals surface area contributed by atoms with Crippen molar-refractivity contribution < 1.29 is 4.74 Å². The highest BCUT2D eigenvalue weighted by Crippen LogP contribution is 2.29. The number of hydrogen-bond acceptors (Lipinski definition) is 7. The van der Waals surface area contributed by atoms with Crippen LogP contribution in [0.25, 0.3) is 11.0 Å². The van der Waals surface area contributed by atoms with Crippen molar-refractivity contribution in [2.75, 3.05) is 62.8 Å². The lowest BCUT2D eigenvalue weighted by Crippen LogP contribution is -2.46. The van der Waals surface area contributed by atoms with Crippen LogP contribution in [0.15, 0.2) is 12.1 Å². The van der Waals surface area contributed by atoms with Crippen LogP contribution in [-0.2, 0) is 4.74 Å². The van der Waals surface area contributed by atoms with Crippen molar-refractivity contribution in [3.63, 3.8) is 0 Å². The Bertz CT molecular complexity index is 764. The molecule has 1 atom stereocenters. The van der Waals surface area contributed by atoms with Crippen LogP contribution < -0.4 is 9.80 Å². The van der Waals surface area contributed by atoms with E-state index >= 15 is 0 Å². The molecule has 8 heteroatoms. The van der Waals surface area contributed by atoms with Gasteiger partial charge in [0.15, 0.2) is 5.65 Å². The third kappa shape index (κ3) is 3.36. The fraction of sp³-hybridized carbons (Fsp3) is 0.588. The molecule has 0 saturated carbocycles. The Hall–Kier alpha value is -1.70. The van der Waals surface area contributed by atoms with Crippen molar-refractivity contribution in [3.05, 3.63) is 17.3 Å². The largest absolute Gasteiger partial charge is 0.377 e. The number of piperazine rings is 1. The van der Waals surface area contributed by atoms with Gasteiger partial charge in [0.05, 0.1) is 24.6 Å². The van der Waals surface area contributed by atoms with Crippen LogP contribution in [0, 0.1) is 0 Å². The molecule has 2 aliphatic rings. The number of anilines is 2. The Morgan fingerprint density at radius 3 is 2.64 bits per heavy atom. The van der Waals surface area contributed by atoms with E-state index in [0.717, 1.165) is 49.9 Å². The zero-order valence-electron chi connectivity index (χ0n) is 14.7. The predicted molar refractivity (Wildman–Crippen MR) is 99.7 cm³/mol. The molecule has 0 aliphatic carbocycles. The Labute approximate surface area is 152 Å². The fourth-order valence-corrected chi connectivity index (χ4v) is 3.51. The molecule has 4 heterocycles. The molecule has 7 nitrogen and oxygen atoms in total. The first-order chi connectivity index (χ1) is 12.1. The molecule has 4 rings (SSSR count). The average molecular weight is 363 g/mol. The van der Waals surface area contributed by atoms with Crippen molar-refractivity contribution >= 4 is 34.4 Å². The third-order valence-electron chi connectivity index (χ3n) is 4.92. The number of pyridine rings is 1. The van der Waals surface area contributed by atoms with Gasteiger partial charge in [-0.05, 0) is 26.1 Å². The maximum absolute atomic E-state index is 6.12. The molecular weight excluding hydrogens is 340 g/mol. The number of fused-ring (bicyclic) bond motifs is 1. The van der Waals surface area contributed by atoms with Crippen molar-refractivity contribution in [1.29, 1.82) is 0 Å². The zero-order valence-corrected chi connectivity index (χ0v) is 15.4. The van der Waals surface area contributed by atoms with Gasteiger partial charge < -0.3 is 19.4 Å². The van der Waals surface area contributed by atoms with Gasteiger partial charge in [0.25, 0.3) is 0 Å². The highest BCUT2D eigenvalue weighted by atomic mass is 35.5. The summed E-state index contributed by atoms with van der Waals surface area (Å²) >= 11 is 6.12. The van der Waals surface area contributed by atoms with Crippen LogP contribution >= 0.6 is 11.6 Å². The number of ether oxygens (including phenoxy) is 1. The first-order valence-electron chi connectivity index (χ1n) is 8.74. The Morgan fingerprint density at radius 1 is 1.08 bits per heavy atom. The maximum Gasteiger partial charge on any atom is 0.229 e. The minimum atomic E-state index is 0.267. The second kappa shape index (κ2) is 6.90. The molecule has 2 aliphatic heterocycles. The number of nitrogens with zero attached hydrogens (tertiary/aromatic N) is 6. The van der Waals surface area contributed by atoms with E-state index in [1.807, 2.05) is 6.07 Å². The molecule has 0 radical (unpaired) electrons. The number of aromatic nitrogens is 3. The molecule has 2 aromatic rings. The van der Waals surface area contributed by atoms with E-state index in [-0.39, 0.29) is 6.04 Å². The van der Waals surface area contributed by atoms with Crippen molar-refractivity contribution in [2.24, 2.45) is 0 Å². The molecule has 2 aromatic heterocycles. The van der Waals surface area contributed by atoms with Gasteiger partial charge in [-0.3, -0.25) is 0 Å². The Balaban J connectivity index is 1.79. The summed E-state index contributed by atoms with van der Waals surface area (Å²) in [5, 5.41) is 1.40. The summed E-state index contributed by atoms with van der Waals surface area (Å²) < 4.78 is 5.59. The standard InChI is InChI=1S/C17H23ClN6O/c1-12-11-25-10-9-24(12)16-13-3-4-14(18)19-15(13)20-17(21-16)23-7-5-22(2)6-8-23/h3-4,12H,5-11H2,1-2H3. The Kier molecular flexibility index (Phi) is 4.62. The molecule has 2 fully saturated rings. The summed E-state index contributed by atoms with van der Waals surface area (Å²) in [5.41, 5.74) is 0.658. The smallest absolute Gasteiger partial charge is 0.229 e. The van der Waals surface area contributed by atoms with E-state index in [0.29, 0.717) is 24.0 Å². The molecule has 1 unspecified atom stereocenters. The van der Waals surface area contributed by atoms with Gasteiger partial charge in [0, 0.05) is 32.7 Å². The van der Waals surface area contributed by atoms with E-state index in [2.05, 4.69) is 33.7 Å². The van der Waals surface area contributed by atoms with Gasteiger partial charge in [-0.15, -0.1) is 0 Å². The highest BCUT2D eigenvalue weighted by Gasteiger charge is 2.25. The number of halogens is 1. The molecule has 2 saturated heterocycles. The molecule has 0 N–H and O–H groups in total. The zero-order chi connectivity index (χ0) is 17.4. The molecule has 0 spiro atoms. The SMILES string of the molecule is CC1COCCN1c1nc(N2CCN(C)CC2)nc2nc(Cl)ccc12. The summed E-state index contributed by atoms with van der Waals surface area (Å²) in [7, 11) is 2.14. The molecule has 25 heavy (non-hydrogen) atoms. The van der Waals surface area contributed by atoms with E-state index in [4.69, 9.17) is 26.3 Å². The van der Waals surface area contributed by atoms with E-state index < -0.39 is 0 Å². The van der Waals surface area contributed by atoms with Crippen LogP contribution in [0.5, 0.6) is 0 Å². The molecule has 0 aromatic carbocycles. The molecule has 0 bridgehead atoms. The van der Waals surface area contributed by atoms with Gasteiger partial charge in [0.1, 0.15) is 11.0 Å². The van der Waals surface area contributed by atoms with E-state index in [1.54, 1.807) is 6.07 Å². The van der Waals surface area contributed by atoms with Gasteiger partial charge in [-0.1, -0.05) is 11.6 Å². The van der Waals surface area contributed by atoms with E-state index in [9.17, 15) is 0 Å². The maximum atomic E-state index is 6.12. The van der Waals surface area contributed by atoms with Crippen molar-refractivity contribution in [3.8, 4) is 0 Å². The first kappa shape index (κ1) is 16.8. The minimum absolute atomic E-state index is 0.267. The number of likely N-dealkylation sites (N-methyl/N-ethyl adjacent to an activating group) is 1. The van der Waals surface area contributed by atoms with Gasteiger partial charge in [-0.25, -0.2) is 4.98 Å². The third-order valence-corrected chi connectivity index (χ3v) is 5.13. The fourth-order valence-electron chi connectivity index (χ4n) is 3.37. The van der Waals surface area contributed by atoms with Crippen molar-refractivity contribution in [1.82, 2.24) is 19.9 Å². The van der Waals surface area contributed by atoms with Gasteiger partial charge >= 0.3 is 0 Å². The first-order valence-corrected chi connectivity index (χ1v) is 9.12. The molecule has 134 valence electrons. The summed E-state index contributed by atoms with van der Waals surface area (Å²) in [4.78, 5) is 20.9. The van der Waals surface area contributed by atoms with Crippen LogP contribution in [-0.4, -0.2) is 78.9 Å². The van der Waals surface area contributed by atoms with Crippen LogP contribution in [0.4, 0.5) is 11.8 Å². The van der Waals surface area contributed by atoms with Crippen molar-refractivity contribution in [2.45, 2.75) is 13.0 Å². The van der Waals surface area contributed by atoms with Gasteiger partial charge in [-0.2, -0.15) is 9.97 Å². The van der Waals surface area contributed by atoms with Crippen LogP contribution in [0.3, 0.4) is 0 Å². The van der Waals surface area contributed by atoms with Crippen LogP contribution in [0.2, 0.25) is 5.15 Å². The molecular formula is C17H23ClN6O. The molecule has 0 amide bonds. The second-order valence-corrected chi connectivity index (χ2v) is 7.15. The number of rotatable bonds is 2. The highest BCUT2D eigenvalue weighted by molar-refractivity contribution is 6.29.